The molecule has 0 aliphatic rings. The summed E-state index contributed by atoms with van der Waals surface area (Å²) in [4.78, 5) is 24.7. The zero-order valence-electron chi connectivity index (χ0n) is 13.7. The molecule has 2 rings (SSSR count). The van der Waals surface area contributed by atoms with Crippen LogP contribution in [0, 0.1) is 10.1 Å². The Labute approximate surface area is 165 Å². The van der Waals surface area contributed by atoms with Gasteiger partial charge in [-0.1, -0.05) is 77.3 Å². The lowest BCUT2D eigenvalue weighted by atomic mass is 10.1. The highest BCUT2D eigenvalue weighted by Crippen LogP contribution is 2.33. The smallest absolute Gasteiger partial charge is 0.282 e. The van der Waals surface area contributed by atoms with E-state index in [0.29, 0.717) is 6.54 Å². The largest absolute Gasteiger partial charge is 0.332 e. The highest BCUT2D eigenvalue weighted by molar-refractivity contribution is 6.68. The maximum Gasteiger partial charge on any atom is 0.282 e. The fourth-order valence-corrected chi connectivity index (χ4v) is 3.09. The van der Waals surface area contributed by atoms with Gasteiger partial charge in [0.1, 0.15) is 11.7 Å². The second kappa shape index (κ2) is 8.68. The van der Waals surface area contributed by atoms with Crippen molar-refractivity contribution in [3.63, 3.8) is 0 Å². The molecule has 0 aromatic heterocycles. The number of carbonyl (C=O) groups is 1. The minimum atomic E-state index is -1.84. The number of nitro groups is 1. The predicted molar refractivity (Wildman–Crippen MR) is 103 cm³/mol. The molecule has 0 radical (unpaired) electrons. The van der Waals surface area contributed by atoms with Crippen LogP contribution in [0.1, 0.15) is 15.9 Å². The van der Waals surface area contributed by atoms with Crippen LogP contribution in [-0.4, -0.2) is 32.7 Å². The Morgan fingerprint density at radius 2 is 1.73 bits per heavy atom. The second-order valence-corrected chi connectivity index (χ2v) is 7.96. The first-order valence-corrected chi connectivity index (χ1v) is 8.68. The zero-order chi connectivity index (χ0) is 19.3. The van der Waals surface area contributed by atoms with Crippen LogP contribution < -0.4 is 5.32 Å². The summed E-state index contributed by atoms with van der Waals surface area (Å²) < 4.78 is -1.84. The first kappa shape index (κ1) is 20.5. The van der Waals surface area contributed by atoms with E-state index in [4.69, 9.17) is 34.8 Å². The summed E-state index contributed by atoms with van der Waals surface area (Å²) >= 11 is 18.1. The molecule has 1 N–H and O–H groups in total. The third-order valence-corrected chi connectivity index (χ3v) is 4.26. The van der Waals surface area contributed by atoms with Gasteiger partial charge in [0.2, 0.25) is 3.79 Å². The molecule has 0 aliphatic carbocycles. The van der Waals surface area contributed by atoms with Crippen LogP contribution in [0.25, 0.3) is 0 Å². The highest BCUT2D eigenvalue weighted by Gasteiger charge is 2.38. The van der Waals surface area contributed by atoms with Crippen molar-refractivity contribution in [2.75, 3.05) is 7.05 Å². The number of nitrogens with zero attached hydrogens (tertiary/aromatic N) is 2. The monoisotopic (exact) mass is 415 g/mol. The summed E-state index contributed by atoms with van der Waals surface area (Å²) in [5.41, 5.74) is 0.526. The summed E-state index contributed by atoms with van der Waals surface area (Å²) in [6.07, 6.45) is -1.000. The summed E-state index contributed by atoms with van der Waals surface area (Å²) in [7, 11) is 1.68. The number of hydrogen-bond acceptors (Lipinski definition) is 4. The Bertz CT molecular complexity index is 782. The van der Waals surface area contributed by atoms with Gasteiger partial charge in [-0.3, -0.25) is 19.8 Å². The van der Waals surface area contributed by atoms with Crippen LogP contribution in [0.15, 0.2) is 54.6 Å². The van der Waals surface area contributed by atoms with Crippen molar-refractivity contribution in [1.29, 1.82) is 0 Å². The van der Waals surface area contributed by atoms with Gasteiger partial charge in [-0.25, -0.2) is 0 Å². The van der Waals surface area contributed by atoms with Crippen molar-refractivity contribution in [2.24, 2.45) is 0 Å². The van der Waals surface area contributed by atoms with E-state index in [9.17, 15) is 14.9 Å². The second-order valence-electron chi connectivity index (χ2n) is 5.59. The number of benzene rings is 2. The molecule has 0 unspecified atom stereocenters. The van der Waals surface area contributed by atoms with Gasteiger partial charge in [-0.05, 0) is 18.7 Å². The number of carbonyl (C=O) groups excluding carboxylic acids is 1. The van der Waals surface area contributed by atoms with Crippen molar-refractivity contribution >= 4 is 46.4 Å². The minimum Gasteiger partial charge on any atom is -0.332 e. The van der Waals surface area contributed by atoms with Crippen LogP contribution in [0.5, 0.6) is 0 Å². The predicted octanol–water partition coefficient (Wildman–Crippen LogP) is 4.15. The SMILES string of the molecule is CN(Cc1ccccc1)[C@H](NC(=O)c1ccccc1[N+](=O)[O-])C(Cl)(Cl)Cl. The molecule has 0 heterocycles. The molecule has 0 bridgehead atoms. The van der Waals surface area contributed by atoms with Crippen LogP contribution in [-0.2, 0) is 6.54 Å². The lowest BCUT2D eigenvalue weighted by molar-refractivity contribution is -0.385. The molecule has 1 amide bonds. The number of para-hydroxylation sites is 1. The van der Waals surface area contributed by atoms with Gasteiger partial charge in [0.05, 0.1) is 4.92 Å². The average molecular weight is 417 g/mol. The molecule has 0 fully saturated rings. The van der Waals surface area contributed by atoms with Crippen molar-refractivity contribution in [2.45, 2.75) is 16.5 Å². The van der Waals surface area contributed by atoms with E-state index in [-0.39, 0.29) is 11.3 Å². The molecule has 9 heteroatoms. The van der Waals surface area contributed by atoms with Crippen LogP contribution >= 0.6 is 34.8 Å². The summed E-state index contributed by atoms with van der Waals surface area (Å²) in [5.74, 6) is -0.700. The number of alkyl halides is 3. The third kappa shape index (κ3) is 5.32. The highest BCUT2D eigenvalue weighted by atomic mass is 35.6. The van der Waals surface area contributed by atoms with E-state index < -0.39 is 20.8 Å². The Morgan fingerprint density at radius 1 is 1.15 bits per heavy atom. The van der Waals surface area contributed by atoms with Gasteiger partial charge in [0.15, 0.2) is 0 Å². The molecule has 138 valence electrons. The van der Waals surface area contributed by atoms with Gasteiger partial charge in [-0.15, -0.1) is 0 Å². The minimum absolute atomic E-state index is 0.107. The number of nitrogens with one attached hydrogen (secondary N) is 1. The van der Waals surface area contributed by atoms with Crippen LogP contribution in [0.3, 0.4) is 0 Å². The normalized spacial score (nSPS) is 12.7. The Balaban J connectivity index is 2.23. The number of hydrogen-bond donors (Lipinski definition) is 1. The van der Waals surface area contributed by atoms with Crippen LogP contribution in [0.4, 0.5) is 5.69 Å². The number of rotatable bonds is 6. The number of nitro benzene ring substituents is 1. The van der Waals surface area contributed by atoms with Gasteiger partial charge < -0.3 is 5.32 Å². The van der Waals surface area contributed by atoms with Gasteiger partial charge in [-0.2, -0.15) is 0 Å². The molecule has 1 atom stereocenters. The molecule has 0 saturated carbocycles. The van der Waals surface area contributed by atoms with Crippen molar-refractivity contribution in [3.8, 4) is 0 Å². The van der Waals surface area contributed by atoms with Gasteiger partial charge in [0.25, 0.3) is 11.6 Å². The molecule has 6 nitrogen and oxygen atoms in total. The molecule has 26 heavy (non-hydrogen) atoms. The van der Waals surface area contributed by atoms with Crippen molar-refractivity contribution in [1.82, 2.24) is 10.2 Å². The maximum absolute atomic E-state index is 12.6. The van der Waals surface area contributed by atoms with Gasteiger partial charge in [0, 0.05) is 12.6 Å². The third-order valence-electron chi connectivity index (χ3n) is 3.64. The molecule has 0 spiro atoms. The quantitative estimate of drug-likeness (QED) is 0.332. The lowest BCUT2D eigenvalue weighted by Gasteiger charge is -2.33. The Hall–Kier alpha value is -1.86. The summed E-state index contributed by atoms with van der Waals surface area (Å²) in [5, 5.41) is 13.7. The van der Waals surface area contributed by atoms with E-state index in [0.717, 1.165) is 5.56 Å². The van der Waals surface area contributed by atoms with E-state index in [1.165, 1.54) is 24.3 Å². The molecular formula is C17H16Cl3N3O3. The topological polar surface area (TPSA) is 75.5 Å². The van der Waals surface area contributed by atoms with E-state index >= 15 is 0 Å². The number of amides is 1. The summed E-state index contributed by atoms with van der Waals surface area (Å²) in [6, 6.07) is 15.0. The molecule has 0 aliphatic heterocycles. The fourth-order valence-electron chi connectivity index (χ4n) is 2.43. The number of halogens is 3. The van der Waals surface area contributed by atoms with E-state index in [1.54, 1.807) is 11.9 Å². The van der Waals surface area contributed by atoms with Crippen molar-refractivity contribution < 1.29 is 9.72 Å². The first-order valence-electron chi connectivity index (χ1n) is 7.55. The van der Waals surface area contributed by atoms with Crippen molar-refractivity contribution in [3.05, 3.63) is 75.8 Å². The summed E-state index contributed by atoms with van der Waals surface area (Å²) in [6.45, 7) is 0.399. The Morgan fingerprint density at radius 3 is 2.31 bits per heavy atom. The zero-order valence-corrected chi connectivity index (χ0v) is 16.0. The molecule has 0 saturated heterocycles. The first-order chi connectivity index (χ1) is 12.2. The molecular weight excluding hydrogens is 401 g/mol. The average Bonchev–Trinajstić information content (AvgIpc) is 2.59. The van der Waals surface area contributed by atoms with Crippen LogP contribution in [0.2, 0.25) is 0 Å². The maximum atomic E-state index is 12.6. The van der Waals surface area contributed by atoms with E-state index in [1.807, 2.05) is 30.3 Å². The van der Waals surface area contributed by atoms with E-state index in [2.05, 4.69) is 5.32 Å². The standard InChI is InChI=1S/C17H16Cl3N3O3/c1-22(11-12-7-3-2-4-8-12)16(17(18,19)20)21-15(24)13-9-5-6-10-14(13)23(25)26/h2-10,16H,11H2,1H3,(H,21,24)/t16-/m0/s1. The lowest BCUT2D eigenvalue weighted by Crippen LogP contribution is -2.53. The Kier molecular flexibility index (Phi) is 6.83. The fraction of sp³-hybridized carbons (Fsp3) is 0.235. The molecule has 2 aromatic rings. The molecule has 2 aromatic carbocycles. The van der Waals surface area contributed by atoms with Gasteiger partial charge >= 0.3 is 0 Å².